The topological polar surface area (TPSA) is 41.6 Å². The van der Waals surface area contributed by atoms with Crippen molar-refractivity contribution < 1.29 is 9.53 Å². The Morgan fingerprint density at radius 3 is 2.52 bits per heavy atom. The van der Waals surface area contributed by atoms with Gasteiger partial charge in [0.2, 0.25) is 0 Å². The average Bonchev–Trinajstić information content (AvgIpc) is 2.47. The van der Waals surface area contributed by atoms with E-state index in [0.29, 0.717) is 0 Å². The van der Waals surface area contributed by atoms with Gasteiger partial charge in [0.15, 0.2) is 0 Å². The second-order valence-corrected chi connectivity index (χ2v) is 6.17. The van der Waals surface area contributed by atoms with Crippen molar-refractivity contribution in [3.05, 3.63) is 0 Å². The van der Waals surface area contributed by atoms with Crippen LogP contribution in [0.25, 0.3) is 0 Å². The van der Waals surface area contributed by atoms with Crippen LogP contribution in [0.4, 0.5) is 0 Å². The number of rotatable bonds is 4. The van der Waals surface area contributed by atoms with E-state index < -0.39 is 0 Å². The molecule has 2 aliphatic heterocycles. The quantitative estimate of drug-likeness (QED) is 0.797. The molecule has 0 aromatic rings. The molecule has 0 aromatic carbocycles. The number of likely N-dealkylation sites (tertiary alicyclic amines) is 1. The average molecular weight is 341 g/mol. The molecule has 0 bridgehead atoms. The normalized spacial score (nSPS) is 25.3. The lowest BCUT2D eigenvalue weighted by atomic mass is 9.80. The summed E-state index contributed by atoms with van der Waals surface area (Å²) in [6.45, 7) is 7.50. The van der Waals surface area contributed by atoms with Gasteiger partial charge in [-0.15, -0.1) is 24.8 Å². The van der Waals surface area contributed by atoms with E-state index in [2.05, 4.69) is 10.2 Å². The molecular weight excluding hydrogens is 311 g/mol. The van der Waals surface area contributed by atoms with Crippen LogP contribution in [0.3, 0.4) is 0 Å². The molecule has 2 heterocycles. The fourth-order valence-electron chi connectivity index (χ4n) is 3.62. The van der Waals surface area contributed by atoms with E-state index in [4.69, 9.17) is 4.74 Å². The van der Waals surface area contributed by atoms with Gasteiger partial charge in [-0.25, -0.2) is 0 Å². The van der Waals surface area contributed by atoms with Gasteiger partial charge in [-0.1, -0.05) is 6.92 Å². The summed E-state index contributed by atoms with van der Waals surface area (Å²) in [6, 6.07) is 0. The Morgan fingerprint density at radius 2 is 1.90 bits per heavy atom. The molecule has 126 valence electrons. The van der Waals surface area contributed by atoms with Crippen LogP contribution in [-0.2, 0) is 9.53 Å². The third-order valence-corrected chi connectivity index (χ3v) is 4.73. The highest BCUT2D eigenvalue weighted by atomic mass is 35.5. The number of carbonyl (C=O) groups is 1. The molecule has 0 aliphatic carbocycles. The van der Waals surface area contributed by atoms with Crippen LogP contribution in [0.5, 0.6) is 0 Å². The lowest BCUT2D eigenvalue weighted by Gasteiger charge is -2.39. The van der Waals surface area contributed by atoms with Crippen molar-refractivity contribution in [1.82, 2.24) is 10.2 Å². The van der Waals surface area contributed by atoms with E-state index in [1.807, 2.05) is 6.92 Å². The van der Waals surface area contributed by atoms with E-state index in [1.54, 1.807) is 0 Å². The number of nitrogens with one attached hydrogen (secondary N) is 1. The zero-order valence-corrected chi connectivity index (χ0v) is 14.8. The van der Waals surface area contributed by atoms with Gasteiger partial charge in [0.25, 0.3) is 0 Å². The number of halogens is 2. The number of carbonyl (C=O) groups excluding carboxylic acids is 1. The Morgan fingerprint density at radius 1 is 1.24 bits per heavy atom. The first-order chi connectivity index (χ1) is 9.20. The molecule has 2 rings (SSSR count). The zero-order chi connectivity index (χ0) is 13.7. The highest BCUT2D eigenvalue weighted by molar-refractivity contribution is 5.85. The summed E-state index contributed by atoms with van der Waals surface area (Å²) in [4.78, 5) is 14.0. The molecule has 2 saturated heterocycles. The van der Waals surface area contributed by atoms with Crippen molar-refractivity contribution in [2.75, 3.05) is 39.8 Å². The largest absolute Gasteiger partial charge is 0.469 e. The fourth-order valence-corrected chi connectivity index (χ4v) is 3.62. The van der Waals surface area contributed by atoms with Crippen molar-refractivity contribution in [2.45, 2.75) is 32.6 Å². The van der Waals surface area contributed by atoms with E-state index in [0.717, 1.165) is 24.9 Å². The van der Waals surface area contributed by atoms with Crippen LogP contribution in [0.15, 0.2) is 0 Å². The summed E-state index contributed by atoms with van der Waals surface area (Å²) in [5.74, 6) is 1.64. The Hall–Kier alpha value is -0.0300. The maximum atomic E-state index is 11.5. The predicted molar refractivity (Wildman–Crippen MR) is 90.4 cm³/mol. The second kappa shape index (κ2) is 10.7. The Bertz CT molecular complexity index is 299. The van der Waals surface area contributed by atoms with Crippen molar-refractivity contribution in [3.63, 3.8) is 0 Å². The summed E-state index contributed by atoms with van der Waals surface area (Å²) < 4.78 is 4.82. The number of hydrogen-bond acceptors (Lipinski definition) is 4. The summed E-state index contributed by atoms with van der Waals surface area (Å²) in [5.41, 5.74) is 0. The summed E-state index contributed by atoms with van der Waals surface area (Å²) in [6.07, 6.45) is 5.30. The molecule has 0 aromatic heterocycles. The van der Waals surface area contributed by atoms with Gasteiger partial charge >= 0.3 is 5.97 Å². The van der Waals surface area contributed by atoms with Crippen LogP contribution in [0, 0.1) is 17.8 Å². The highest BCUT2D eigenvalue weighted by Gasteiger charge is 2.29. The molecule has 0 spiro atoms. The number of esters is 1. The lowest BCUT2D eigenvalue weighted by molar-refractivity contribution is -0.145. The second-order valence-electron chi connectivity index (χ2n) is 6.17. The molecule has 0 amide bonds. The van der Waals surface area contributed by atoms with Crippen LogP contribution in [0.2, 0.25) is 0 Å². The Balaban J connectivity index is 0.00000200. The Labute approximate surface area is 141 Å². The highest BCUT2D eigenvalue weighted by Crippen LogP contribution is 2.30. The molecule has 21 heavy (non-hydrogen) atoms. The first-order valence-corrected chi connectivity index (χ1v) is 7.71. The molecule has 1 unspecified atom stereocenters. The van der Waals surface area contributed by atoms with Gasteiger partial charge in [-0.3, -0.25) is 4.79 Å². The molecule has 0 radical (unpaired) electrons. The monoisotopic (exact) mass is 340 g/mol. The first-order valence-electron chi connectivity index (χ1n) is 7.71. The minimum Gasteiger partial charge on any atom is -0.469 e. The van der Waals surface area contributed by atoms with Crippen LogP contribution < -0.4 is 5.32 Å². The first kappa shape index (κ1) is 21.0. The third kappa shape index (κ3) is 6.31. The predicted octanol–water partition coefficient (Wildman–Crippen LogP) is 2.35. The molecule has 1 N–H and O–H groups in total. The van der Waals surface area contributed by atoms with E-state index in [1.165, 1.54) is 52.4 Å². The van der Waals surface area contributed by atoms with Gasteiger partial charge in [0.05, 0.1) is 13.0 Å². The standard InChI is InChI=1S/C15H28N2O2.2ClH/c1-12(15(18)19-2)10-17-9-3-4-14(11-17)13-5-7-16-8-6-13;;/h12-14,16H,3-11H2,1-2H3;2*1H/t12?,14-;;/m0../s1. The molecule has 0 saturated carbocycles. The molecule has 2 atom stereocenters. The molecule has 2 fully saturated rings. The number of ether oxygens (including phenoxy) is 1. The summed E-state index contributed by atoms with van der Waals surface area (Å²) in [5, 5.41) is 3.44. The minimum absolute atomic E-state index is 0. The van der Waals surface area contributed by atoms with Crippen molar-refractivity contribution in [2.24, 2.45) is 17.8 Å². The fraction of sp³-hybridized carbons (Fsp3) is 0.933. The number of methoxy groups -OCH3 is 1. The van der Waals surface area contributed by atoms with Gasteiger partial charge in [-0.05, 0) is 57.2 Å². The van der Waals surface area contributed by atoms with Gasteiger partial charge in [0, 0.05) is 13.1 Å². The third-order valence-electron chi connectivity index (χ3n) is 4.73. The van der Waals surface area contributed by atoms with E-state index in [9.17, 15) is 4.79 Å². The molecular formula is C15H30Cl2N2O2. The number of piperidine rings is 2. The molecule has 4 nitrogen and oxygen atoms in total. The summed E-state index contributed by atoms with van der Waals surface area (Å²) >= 11 is 0. The number of nitrogens with zero attached hydrogens (tertiary/aromatic N) is 1. The maximum Gasteiger partial charge on any atom is 0.309 e. The summed E-state index contributed by atoms with van der Waals surface area (Å²) in [7, 11) is 1.48. The van der Waals surface area contributed by atoms with Gasteiger partial charge in [0.1, 0.15) is 0 Å². The molecule has 6 heteroatoms. The molecule has 2 aliphatic rings. The Kier molecular flexibility index (Phi) is 10.6. The van der Waals surface area contributed by atoms with Crippen molar-refractivity contribution in [3.8, 4) is 0 Å². The van der Waals surface area contributed by atoms with E-state index in [-0.39, 0.29) is 36.7 Å². The van der Waals surface area contributed by atoms with Crippen LogP contribution >= 0.6 is 24.8 Å². The van der Waals surface area contributed by atoms with Crippen LogP contribution in [0.1, 0.15) is 32.6 Å². The smallest absolute Gasteiger partial charge is 0.309 e. The van der Waals surface area contributed by atoms with Gasteiger partial charge < -0.3 is 15.0 Å². The minimum atomic E-state index is -0.0796. The van der Waals surface area contributed by atoms with Crippen molar-refractivity contribution in [1.29, 1.82) is 0 Å². The van der Waals surface area contributed by atoms with Crippen molar-refractivity contribution >= 4 is 30.8 Å². The maximum absolute atomic E-state index is 11.5. The zero-order valence-electron chi connectivity index (χ0n) is 13.2. The lowest BCUT2D eigenvalue weighted by Crippen LogP contribution is -2.43. The number of hydrogen-bond donors (Lipinski definition) is 1. The van der Waals surface area contributed by atoms with E-state index >= 15 is 0 Å². The SMILES string of the molecule is COC(=O)C(C)CN1CCC[C@H](C2CCNCC2)C1.Cl.Cl. The van der Waals surface area contributed by atoms with Gasteiger partial charge in [-0.2, -0.15) is 0 Å². The van der Waals surface area contributed by atoms with Crippen LogP contribution in [-0.4, -0.2) is 50.7 Å².